The topological polar surface area (TPSA) is 150 Å². The molecular weight excluding hydrogens is 384 g/mol. The van der Waals surface area contributed by atoms with Crippen LogP contribution >= 0.6 is 0 Å². The van der Waals surface area contributed by atoms with E-state index in [9.17, 15) is 30.3 Å². The average Bonchev–Trinajstić information content (AvgIpc) is 2.68. The summed E-state index contributed by atoms with van der Waals surface area (Å²) < 4.78 is 16.4. The molecule has 1 fully saturated rings. The van der Waals surface area contributed by atoms with Gasteiger partial charge in [-0.15, -0.1) is 0 Å². The number of benzene rings is 2. The van der Waals surface area contributed by atoms with E-state index in [4.69, 9.17) is 13.9 Å². The molecule has 0 radical (unpaired) electrons. The van der Waals surface area contributed by atoms with Gasteiger partial charge >= 0.3 is 0 Å². The summed E-state index contributed by atoms with van der Waals surface area (Å²) in [5.41, 5.74) is 0.0862. The molecule has 4 atom stereocenters. The van der Waals surface area contributed by atoms with E-state index in [0.29, 0.717) is 5.56 Å². The van der Waals surface area contributed by atoms with E-state index >= 15 is 0 Å². The Morgan fingerprint density at radius 2 is 1.69 bits per heavy atom. The minimum atomic E-state index is -1.52. The van der Waals surface area contributed by atoms with Crippen LogP contribution in [-0.2, 0) is 4.74 Å². The van der Waals surface area contributed by atoms with Crippen LogP contribution in [0.5, 0.6) is 17.2 Å². The lowest BCUT2D eigenvalue weighted by molar-refractivity contribution is -0.242. The Hall–Kier alpha value is -3.11. The summed E-state index contributed by atoms with van der Waals surface area (Å²) >= 11 is 0. The van der Waals surface area contributed by atoms with Crippen molar-refractivity contribution in [2.45, 2.75) is 24.6 Å². The van der Waals surface area contributed by atoms with Crippen molar-refractivity contribution in [1.29, 1.82) is 0 Å². The van der Waals surface area contributed by atoms with Crippen molar-refractivity contribution in [3.05, 3.63) is 52.7 Å². The zero-order chi connectivity index (χ0) is 20.7. The van der Waals surface area contributed by atoms with E-state index in [1.54, 1.807) is 12.1 Å². The summed E-state index contributed by atoms with van der Waals surface area (Å²) in [7, 11) is 0. The Kier molecular flexibility index (Phi) is 4.89. The van der Waals surface area contributed by atoms with Crippen LogP contribution in [0.3, 0.4) is 0 Å². The van der Waals surface area contributed by atoms with E-state index in [2.05, 4.69) is 0 Å². The number of phenols is 2. The molecule has 0 spiro atoms. The van der Waals surface area contributed by atoms with Crippen LogP contribution in [0.25, 0.3) is 22.3 Å². The molecule has 152 valence electrons. The van der Waals surface area contributed by atoms with Crippen LogP contribution < -0.4 is 10.2 Å². The number of aliphatic hydroxyl groups is 3. The zero-order valence-corrected chi connectivity index (χ0v) is 14.9. The lowest BCUT2D eigenvalue weighted by atomic mass is 10.1. The summed E-state index contributed by atoms with van der Waals surface area (Å²) in [4.78, 5) is 12.5. The SMILES string of the molecule is O=c1cc(-c2ccc(O)cc2)oc2cc(O[C@H]3OC[C@@H](O)[C@H](O)[C@H]3O)cc(O)c12. The van der Waals surface area contributed by atoms with Gasteiger partial charge in [0.25, 0.3) is 0 Å². The molecule has 29 heavy (non-hydrogen) atoms. The number of hydrogen-bond donors (Lipinski definition) is 5. The summed E-state index contributed by atoms with van der Waals surface area (Å²) in [5.74, 6) is -0.0989. The largest absolute Gasteiger partial charge is 0.508 e. The van der Waals surface area contributed by atoms with E-state index in [-0.39, 0.29) is 34.8 Å². The standard InChI is InChI=1S/C20H18O9/c21-10-3-1-9(2-4-10)15-7-13(23)17-12(22)5-11(6-16(17)29-15)28-20-19(26)18(25)14(24)8-27-20/h1-7,14,18-22,24-26H,8H2/t14-,18+,19-,20-/m1/s1. The quantitative estimate of drug-likeness (QED) is 0.426. The maximum atomic E-state index is 12.5. The van der Waals surface area contributed by atoms with Crippen molar-refractivity contribution in [2.24, 2.45) is 0 Å². The van der Waals surface area contributed by atoms with Crippen molar-refractivity contribution < 1.29 is 39.4 Å². The Bertz CT molecular complexity index is 1090. The van der Waals surface area contributed by atoms with Gasteiger partial charge in [-0.25, -0.2) is 0 Å². The first kappa shape index (κ1) is 19.2. The van der Waals surface area contributed by atoms with Crippen molar-refractivity contribution in [1.82, 2.24) is 0 Å². The molecule has 1 saturated heterocycles. The number of aromatic hydroxyl groups is 2. The Morgan fingerprint density at radius 1 is 0.966 bits per heavy atom. The van der Waals surface area contributed by atoms with Gasteiger partial charge < -0.3 is 39.4 Å². The van der Waals surface area contributed by atoms with Crippen molar-refractivity contribution in [2.75, 3.05) is 6.61 Å². The highest BCUT2D eigenvalue weighted by Crippen LogP contribution is 2.32. The summed E-state index contributed by atoms with van der Waals surface area (Å²) in [6.07, 6.45) is -5.52. The fraction of sp³-hybridized carbons (Fsp3) is 0.250. The highest BCUT2D eigenvalue weighted by atomic mass is 16.7. The predicted octanol–water partition coefficient (Wildman–Crippen LogP) is 0.689. The van der Waals surface area contributed by atoms with Crippen LogP contribution in [0, 0.1) is 0 Å². The Labute approximate surface area is 163 Å². The smallest absolute Gasteiger partial charge is 0.228 e. The molecule has 2 heterocycles. The number of aliphatic hydroxyl groups excluding tert-OH is 3. The normalized spacial score (nSPS) is 24.5. The molecule has 1 aliphatic rings. The van der Waals surface area contributed by atoms with Crippen molar-refractivity contribution in [3.63, 3.8) is 0 Å². The van der Waals surface area contributed by atoms with Gasteiger partial charge in [-0.3, -0.25) is 4.79 Å². The number of fused-ring (bicyclic) bond motifs is 1. The van der Waals surface area contributed by atoms with Crippen molar-refractivity contribution in [3.8, 4) is 28.6 Å². The molecule has 1 aliphatic heterocycles. The maximum Gasteiger partial charge on any atom is 0.228 e. The van der Waals surface area contributed by atoms with E-state index < -0.39 is 35.8 Å². The Morgan fingerprint density at radius 3 is 2.41 bits per heavy atom. The first-order valence-corrected chi connectivity index (χ1v) is 8.76. The second-order valence-corrected chi connectivity index (χ2v) is 6.71. The fourth-order valence-electron chi connectivity index (χ4n) is 3.10. The molecule has 0 bridgehead atoms. The second kappa shape index (κ2) is 7.37. The Balaban J connectivity index is 1.71. The van der Waals surface area contributed by atoms with E-state index in [1.165, 1.54) is 24.3 Å². The summed E-state index contributed by atoms with van der Waals surface area (Å²) in [6, 6.07) is 9.74. The molecule has 0 unspecified atom stereocenters. The average molecular weight is 402 g/mol. The number of hydrogen-bond acceptors (Lipinski definition) is 9. The molecule has 0 aliphatic carbocycles. The molecule has 5 N–H and O–H groups in total. The van der Waals surface area contributed by atoms with Gasteiger partial charge in [0.2, 0.25) is 6.29 Å². The zero-order valence-electron chi connectivity index (χ0n) is 14.9. The first-order valence-electron chi connectivity index (χ1n) is 8.76. The molecule has 1 aromatic heterocycles. The maximum absolute atomic E-state index is 12.5. The highest BCUT2D eigenvalue weighted by Gasteiger charge is 2.39. The lowest BCUT2D eigenvalue weighted by Gasteiger charge is -2.34. The number of phenolic OH excluding ortho intramolecular Hbond substituents is 2. The molecule has 9 heteroatoms. The van der Waals surface area contributed by atoms with Crippen LogP contribution in [-0.4, -0.2) is 56.7 Å². The highest BCUT2D eigenvalue weighted by molar-refractivity contribution is 5.86. The summed E-state index contributed by atoms with van der Waals surface area (Å²) in [6.45, 7) is -0.247. The molecule has 0 amide bonds. The van der Waals surface area contributed by atoms with Crippen molar-refractivity contribution >= 4 is 11.0 Å². The van der Waals surface area contributed by atoms with Gasteiger partial charge in [0.05, 0.1) is 6.61 Å². The van der Waals surface area contributed by atoms with Gasteiger partial charge in [-0.2, -0.15) is 0 Å². The van der Waals surface area contributed by atoms with Gasteiger partial charge in [0, 0.05) is 23.8 Å². The molecule has 4 rings (SSSR count). The molecule has 3 aromatic rings. The molecule has 2 aromatic carbocycles. The molecule has 0 saturated carbocycles. The van der Waals surface area contributed by atoms with Gasteiger partial charge in [0.15, 0.2) is 5.43 Å². The van der Waals surface area contributed by atoms with Gasteiger partial charge in [0.1, 0.15) is 52.3 Å². The fourth-order valence-corrected chi connectivity index (χ4v) is 3.10. The summed E-state index contributed by atoms with van der Waals surface area (Å²) in [5, 5.41) is 48.9. The second-order valence-electron chi connectivity index (χ2n) is 6.71. The first-order chi connectivity index (χ1) is 13.8. The predicted molar refractivity (Wildman–Crippen MR) is 99.6 cm³/mol. The monoisotopic (exact) mass is 402 g/mol. The number of ether oxygens (including phenoxy) is 2. The van der Waals surface area contributed by atoms with Gasteiger partial charge in [-0.05, 0) is 24.3 Å². The lowest BCUT2D eigenvalue weighted by Crippen LogP contribution is -2.54. The van der Waals surface area contributed by atoms with Crippen LogP contribution in [0.15, 0.2) is 51.7 Å². The third-order valence-corrected chi connectivity index (χ3v) is 4.64. The van der Waals surface area contributed by atoms with Crippen LogP contribution in [0.1, 0.15) is 0 Å². The third kappa shape index (κ3) is 3.64. The van der Waals surface area contributed by atoms with E-state index in [0.717, 1.165) is 6.07 Å². The molecule has 9 nitrogen and oxygen atoms in total. The molecular formula is C20H18O9. The van der Waals surface area contributed by atoms with Crippen LogP contribution in [0.2, 0.25) is 0 Å². The minimum Gasteiger partial charge on any atom is -0.508 e. The van der Waals surface area contributed by atoms with Gasteiger partial charge in [-0.1, -0.05) is 0 Å². The number of rotatable bonds is 3. The van der Waals surface area contributed by atoms with Crippen LogP contribution in [0.4, 0.5) is 0 Å². The third-order valence-electron chi connectivity index (χ3n) is 4.64. The van der Waals surface area contributed by atoms with E-state index in [1.807, 2.05) is 0 Å². The minimum absolute atomic E-state index is 0.0219.